The van der Waals surface area contributed by atoms with E-state index in [1.54, 1.807) is 0 Å². The first-order valence-electron chi connectivity index (χ1n) is 8.55. The van der Waals surface area contributed by atoms with Crippen LogP contribution in [0.15, 0.2) is 23.3 Å². The van der Waals surface area contributed by atoms with E-state index in [0.29, 0.717) is 31.3 Å². The first-order chi connectivity index (χ1) is 12.4. The van der Waals surface area contributed by atoms with Crippen molar-refractivity contribution in [2.75, 3.05) is 29.9 Å². The molecule has 9 nitrogen and oxygen atoms in total. The van der Waals surface area contributed by atoms with Crippen LogP contribution >= 0.6 is 0 Å². The summed E-state index contributed by atoms with van der Waals surface area (Å²) < 4.78 is 5.74. The third kappa shape index (κ3) is 2.69. The fraction of sp³-hybridized carbons (Fsp3) is 0.471. The number of benzene rings is 1. The molecular weight excluding hydrogens is 338 g/mol. The number of amides is 2. The quantitative estimate of drug-likeness (QED) is 0.734. The van der Waals surface area contributed by atoms with Gasteiger partial charge in [0.25, 0.3) is 5.91 Å². The molecule has 3 N–H and O–H groups in total. The number of likely N-dealkylation sites (tertiary alicyclic amines) is 1. The summed E-state index contributed by atoms with van der Waals surface area (Å²) in [7, 11) is 0. The van der Waals surface area contributed by atoms with Crippen molar-refractivity contribution in [2.45, 2.75) is 31.8 Å². The van der Waals surface area contributed by atoms with Crippen molar-refractivity contribution in [1.82, 2.24) is 10.3 Å². The number of carbonyl (C=O) groups excluding carboxylic acids is 1. The lowest BCUT2D eigenvalue weighted by molar-refractivity contribution is -0.122. The highest BCUT2D eigenvalue weighted by Crippen LogP contribution is 2.38. The number of amidine groups is 1. The molecule has 2 amide bonds. The third-order valence-corrected chi connectivity index (χ3v) is 5.11. The molecule has 1 aromatic carbocycles. The van der Waals surface area contributed by atoms with Crippen LogP contribution in [0.25, 0.3) is 0 Å². The van der Waals surface area contributed by atoms with Gasteiger partial charge in [0.15, 0.2) is 5.84 Å². The van der Waals surface area contributed by atoms with Gasteiger partial charge in [-0.05, 0) is 38.5 Å². The van der Waals surface area contributed by atoms with Gasteiger partial charge in [0.2, 0.25) is 0 Å². The van der Waals surface area contributed by atoms with Crippen molar-refractivity contribution in [1.29, 1.82) is 0 Å². The highest BCUT2D eigenvalue weighted by molar-refractivity contribution is 6.09. The summed E-state index contributed by atoms with van der Waals surface area (Å²) in [6.45, 7) is 5.06. The first kappa shape index (κ1) is 16.5. The normalized spacial score (nSPS) is 27.1. The van der Waals surface area contributed by atoms with Crippen molar-refractivity contribution in [3.8, 4) is 5.75 Å². The Morgan fingerprint density at radius 3 is 3.04 bits per heavy atom. The van der Waals surface area contributed by atoms with Crippen LogP contribution in [0, 0.1) is 0 Å². The van der Waals surface area contributed by atoms with Crippen molar-refractivity contribution in [2.24, 2.45) is 5.10 Å². The van der Waals surface area contributed by atoms with Crippen LogP contribution in [0.4, 0.5) is 16.2 Å². The first-order valence-corrected chi connectivity index (χ1v) is 8.55. The van der Waals surface area contributed by atoms with E-state index in [1.165, 1.54) is 4.90 Å². The molecule has 1 saturated heterocycles. The highest BCUT2D eigenvalue weighted by Gasteiger charge is 2.38. The Balaban J connectivity index is 1.61. The van der Waals surface area contributed by atoms with Crippen LogP contribution in [0.2, 0.25) is 0 Å². The van der Waals surface area contributed by atoms with Gasteiger partial charge in [-0.2, -0.15) is 5.10 Å². The molecule has 0 aromatic heterocycles. The Hall–Kier alpha value is -2.97. The second-order valence-electron chi connectivity index (χ2n) is 7.16. The summed E-state index contributed by atoms with van der Waals surface area (Å²) in [5, 5.41) is 16.7. The van der Waals surface area contributed by atoms with Crippen molar-refractivity contribution in [3.05, 3.63) is 18.2 Å². The van der Waals surface area contributed by atoms with Gasteiger partial charge >= 0.3 is 6.09 Å². The van der Waals surface area contributed by atoms with Gasteiger partial charge in [-0.1, -0.05) is 0 Å². The summed E-state index contributed by atoms with van der Waals surface area (Å²) in [5.41, 5.74) is 3.79. The number of hydrogen-bond acceptors (Lipinski definition) is 6. The summed E-state index contributed by atoms with van der Waals surface area (Å²) in [4.78, 5) is 26.5. The Labute approximate surface area is 150 Å². The number of nitrogens with zero attached hydrogens (tertiary/aromatic N) is 3. The number of anilines is 2. The Morgan fingerprint density at radius 1 is 1.50 bits per heavy atom. The van der Waals surface area contributed by atoms with Crippen molar-refractivity contribution >= 4 is 29.2 Å². The highest BCUT2D eigenvalue weighted by atomic mass is 16.5. The van der Waals surface area contributed by atoms with Gasteiger partial charge in [0.1, 0.15) is 18.4 Å². The zero-order chi connectivity index (χ0) is 18.5. The molecule has 1 fully saturated rings. The maximum absolute atomic E-state index is 12.0. The molecule has 138 valence electrons. The van der Waals surface area contributed by atoms with Crippen LogP contribution in [-0.4, -0.2) is 59.1 Å². The Morgan fingerprint density at radius 2 is 2.31 bits per heavy atom. The average Bonchev–Trinajstić information content (AvgIpc) is 3.00. The van der Waals surface area contributed by atoms with E-state index in [2.05, 4.69) is 15.8 Å². The lowest BCUT2D eigenvalue weighted by Crippen LogP contribution is -2.55. The molecule has 1 aromatic rings. The predicted molar refractivity (Wildman–Crippen MR) is 95.7 cm³/mol. The smallest absolute Gasteiger partial charge is 0.407 e. The monoisotopic (exact) mass is 359 g/mol. The number of hydrogen-bond donors (Lipinski definition) is 3. The number of carbonyl (C=O) groups is 2. The standard InChI is InChI=1S/C17H21N5O4/c1-10-15(23)20-19-14-8-26-13-4-3-11(7-12(13)22(10)14)18-17(2)5-6-21(9-17)16(24)25/h3-4,7,10,18H,5-6,8-9H2,1-2H3,(H,20,23)(H,24,25). The number of nitrogens with one attached hydrogen (secondary N) is 2. The molecule has 0 aliphatic carbocycles. The molecule has 4 rings (SSSR count). The summed E-state index contributed by atoms with van der Waals surface area (Å²) >= 11 is 0. The summed E-state index contributed by atoms with van der Waals surface area (Å²) in [6, 6.07) is 5.31. The number of carboxylic acid groups (broad SMARTS) is 1. The summed E-state index contributed by atoms with van der Waals surface area (Å²) in [5.74, 6) is 1.19. The zero-order valence-corrected chi connectivity index (χ0v) is 14.7. The number of rotatable bonds is 2. The molecule has 3 aliphatic rings. The van der Waals surface area contributed by atoms with Gasteiger partial charge < -0.3 is 25.0 Å². The second kappa shape index (κ2) is 5.79. The van der Waals surface area contributed by atoms with Crippen LogP contribution < -0.4 is 20.4 Å². The van der Waals surface area contributed by atoms with E-state index < -0.39 is 6.09 Å². The molecule has 0 spiro atoms. The molecule has 3 heterocycles. The molecule has 0 radical (unpaired) electrons. The lowest BCUT2D eigenvalue weighted by atomic mass is 10.0. The maximum Gasteiger partial charge on any atom is 0.407 e. The van der Waals surface area contributed by atoms with E-state index in [4.69, 9.17) is 4.74 Å². The zero-order valence-electron chi connectivity index (χ0n) is 14.7. The minimum Gasteiger partial charge on any atom is -0.483 e. The van der Waals surface area contributed by atoms with Gasteiger partial charge in [0, 0.05) is 18.8 Å². The largest absolute Gasteiger partial charge is 0.483 e. The maximum atomic E-state index is 12.0. The van der Waals surface area contributed by atoms with E-state index >= 15 is 0 Å². The molecule has 0 saturated carbocycles. The fourth-order valence-electron chi connectivity index (χ4n) is 3.68. The number of fused-ring (bicyclic) bond motifs is 3. The Kier molecular flexibility index (Phi) is 3.67. The second-order valence-corrected chi connectivity index (χ2v) is 7.16. The van der Waals surface area contributed by atoms with E-state index in [9.17, 15) is 14.7 Å². The van der Waals surface area contributed by atoms with Gasteiger partial charge in [-0.25, -0.2) is 10.2 Å². The molecule has 2 atom stereocenters. The molecule has 2 unspecified atom stereocenters. The topological polar surface area (TPSA) is 106 Å². The van der Waals surface area contributed by atoms with E-state index in [1.807, 2.05) is 36.9 Å². The Bertz CT molecular complexity index is 810. The van der Waals surface area contributed by atoms with Crippen molar-refractivity contribution in [3.63, 3.8) is 0 Å². The van der Waals surface area contributed by atoms with Crippen LogP contribution in [0.1, 0.15) is 20.3 Å². The van der Waals surface area contributed by atoms with Crippen LogP contribution in [-0.2, 0) is 4.79 Å². The minimum absolute atomic E-state index is 0.167. The predicted octanol–water partition coefficient (Wildman–Crippen LogP) is 1.27. The van der Waals surface area contributed by atoms with Gasteiger partial charge in [0.05, 0.1) is 11.2 Å². The van der Waals surface area contributed by atoms with E-state index in [0.717, 1.165) is 17.8 Å². The molecule has 9 heteroatoms. The lowest BCUT2D eigenvalue weighted by Gasteiger charge is -2.38. The number of ether oxygens (including phenoxy) is 1. The molecule has 0 bridgehead atoms. The van der Waals surface area contributed by atoms with Gasteiger partial charge in [-0.15, -0.1) is 0 Å². The van der Waals surface area contributed by atoms with Crippen LogP contribution in [0.5, 0.6) is 5.75 Å². The third-order valence-electron chi connectivity index (χ3n) is 5.11. The summed E-state index contributed by atoms with van der Waals surface area (Å²) in [6.07, 6.45) is -0.175. The molecular formula is C17H21N5O4. The van der Waals surface area contributed by atoms with Crippen molar-refractivity contribution < 1.29 is 19.4 Å². The van der Waals surface area contributed by atoms with Gasteiger partial charge in [-0.3, -0.25) is 4.79 Å². The minimum atomic E-state index is -0.900. The van der Waals surface area contributed by atoms with Crippen LogP contribution in [0.3, 0.4) is 0 Å². The SMILES string of the molecule is CC1C(=O)NN=C2COc3ccc(NC4(C)CCN(C(=O)O)C4)cc3N21. The fourth-order valence-corrected chi connectivity index (χ4v) is 3.68. The molecule has 3 aliphatic heterocycles. The van der Waals surface area contributed by atoms with E-state index in [-0.39, 0.29) is 17.5 Å². The average molecular weight is 359 g/mol. The molecule has 26 heavy (non-hydrogen) atoms. The number of hydrazone groups is 1.